The second-order valence-corrected chi connectivity index (χ2v) is 9.77. The molecular formula is C25H35N3O3S. The number of nitrogens with one attached hydrogen (secondary N) is 2. The van der Waals surface area contributed by atoms with Crippen LogP contribution >= 0.6 is 11.3 Å². The number of benzene rings is 1. The van der Waals surface area contributed by atoms with Gasteiger partial charge in [-0.05, 0) is 55.7 Å². The van der Waals surface area contributed by atoms with Crippen molar-refractivity contribution < 1.29 is 14.3 Å². The van der Waals surface area contributed by atoms with Crippen LogP contribution in [0.25, 0.3) is 0 Å². The minimum Gasteiger partial charge on any atom is -0.486 e. The monoisotopic (exact) mass is 457 g/mol. The zero-order valence-electron chi connectivity index (χ0n) is 19.4. The first-order valence-electron chi connectivity index (χ1n) is 11.7. The number of thiazole rings is 1. The van der Waals surface area contributed by atoms with Gasteiger partial charge in [-0.2, -0.15) is 0 Å². The molecule has 1 heterocycles. The normalized spacial score (nSPS) is 18.4. The van der Waals surface area contributed by atoms with Crippen molar-refractivity contribution >= 4 is 23.2 Å². The summed E-state index contributed by atoms with van der Waals surface area (Å²) < 4.78 is 5.82. The Kier molecular flexibility index (Phi) is 9.09. The van der Waals surface area contributed by atoms with Gasteiger partial charge >= 0.3 is 0 Å². The van der Waals surface area contributed by atoms with E-state index in [1.807, 2.05) is 12.1 Å². The molecule has 0 spiro atoms. The highest BCUT2D eigenvalue weighted by Crippen LogP contribution is 2.22. The summed E-state index contributed by atoms with van der Waals surface area (Å²) in [7, 11) is 0. The lowest BCUT2D eigenvalue weighted by molar-refractivity contribution is -0.122. The quantitative estimate of drug-likeness (QED) is 0.514. The van der Waals surface area contributed by atoms with Crippen LogP contribution in [0.1, 0.15) is 92.7 Å². The summed E-state index contributed by atoms with van der Waals surface area (Å²) >= 11 is 1.44. The molecule has 0 atom stereocenters. The molecule has 3 rings (SSSR count). The Morgan fingerprint density at radius 3 is 2.38 bits per heavy atom. The molecule has 1 fully saturated rings. The number of unbranched alkanes of at least 4 members (excludes halogenated alkanes) is 1. The second kappa shape index (κ2) is 12.0. The molecule has 7 heteroatoms. The third kappa shape index (κ3) is 7.33. The standard InChI is InChI=1S/C25H35N3O3S/c1-4-5-6-23(29)26-19-9-11-20(12-10-19)27-25(30)22-16-32-24(28-22)15-31-21-13-7-18(8-14-21)17(2)3/h7-8,13-14,16-17,19-20H,4-6,9-12,15H2,1-3H3,(H,26,29)(H,27,30). The van der Waals surface area contributed by atoms with Gasteiger partial charge in [-0.15, -0.1) is 11.3 Å². The van der Waals surface area contributed by atoms with E-state index < -0.39 is 0 Å². The van der Waals surface area contributed by atoms with E-state index in [1.54, 1.807) is 5.38 Å². The van der Waals surface area contributed by atoms with Gasteiger partial charge in [0.1, 0.15) is 23.1 Å². The van der Waals surface area contributed by atoms with E-state index in [9.17, 15) is 9.59 Å². The highest BCUT2D eigenvalue weighted by atomic mass is 32.1. The van der Waals surface area contributed by atoms with Gasteiger partial charge in [0.2, 0.25) is 5.91 Å². The number of amides is 2. The van der Waals surface area contributed by atoms with Crippen molar-refractivity contribution in [2.24, 2.45) is 0 Å². The van der Waals surface area contributed by atoms with Crippen molar-refractivity contribution in [3.05, 3.63) is 45.9 Å². The summed E-state index contributed by atoms with van der Waals surface area (Å²) in [6.45, 7) is 6.76. The molecule has 1 aliphatic carbocycles. The number of aromatic nitrogens is 1. The molecule has 1 aromatic carbocycles. The minimum absolute atomic E-state index is 0.132. The lowest BCUT2D eigenvalue weighted by atomic mass is 9.91. The second-order valence-electron chi connectivity index (χ2n) is 8.83. The van der Waals surface area contributed by atoms with Crippen LogP contribution in [0.5, 0.6) is 5.75 Å². The highest BCUT2D eigenvalue weighted by Gasteiger charge is 2.24. The third-order valence-corrected chi connectivity index (χ3v) is 6.70. The summed E-state index contributed by atoms with van der Waals surface area (Å²) in [5.41, 5.74) is 1.72. The van der Waals surface area contributed by atoms with Crippen LogP contribution in [0, 0.1) is 0 Å². The van der Waals surface area contributed by atoms with Gasteiger partial charge in [0, 0.05) is 23.9 Å². The molecule has 0 aliphatic heterocycles. The summed E-state index contributed by atoms with van der Waals surface area (Å²) in [5.74, 6) is 1.30. The van der Waals surface area contributed by atoms with Gasteiger partial charge in [0.25, 0.3) is 5.91 Å². The Labute approximate surface area is 195 Å². The number of ether oxygens (including phenoxy) is 1. The average molecular weight is 458 g/mol. The smallest absolute Gasteiger partial charge is 0.270 e. The maximum Gasteiger partial charge on any atom is 0.270 e. The molecule has 2 N–H and O–H groups in total. The fraction of sp³-hybridized carbons (Fsp3) is 0.560. The number of nitrogens with zero attached hydrogens (tertiary/aromatic N) is 1. The van der Waals surface area contributed by atoms with Crippen molar-refractivity contribution in [3.63, 3.8) is 0 Å². The number of hydrogen-bond donors (Lipinski definition) is 2. The van der Waals surface area contributed by atoms with Crippen molar-refractivity contribution in [2.75, 3.05) is 0 Å². The SMILES string of the molecule is CCCCC(=O)NC1CCC(NC(=O)c2csc(COc3ccc(C(C)C)cc3)n2)CC1. The molecule has 1 saturated carbocycles. The lowest BCUT2D eigenvalue weighted by Gasteiger charge is -2.29. The predicted molar refractivity (Wildman–Crippen MR) is 128 cm³/mol. The first-order chi connectivity index (χ1) is 15.4. The zero-order chi connectivity index (χ0) is 22.9. The molecule has 0 unspecified atom stereocenters. The van der Waals surface area contributed by atoms with Crippen molar-refractivity contribution in [2.45, 2.75) is 90.3 Å². The van der Waals surface area contributed by atoms with Gasteiger partial charge < -0.3 is 15.4 Å². The van der Waals surface area contributed by atoms with Gasteiger partial charge in [0.15, 0.2) is 0 Å². The lowest BCUT2D eigenvalue weighted by Crippen LogP contribution is -2.43. The van der Waals surface area contributed by atoms with Crippen molar-refractivity contribution in [1.82, 2.24) is 15.6 Å². The molecule has 0 saturated heterocycles. The Bertz CT molecular complexity index is 871. The molecule has 1 aliphatic rings. The zero-order valence-corrected chi connectivity index (χ0v) is 20.2. The van der Waals surface area contributed by atoms with E-state index in [0.29, 0.717) is 24.6 Å². The number of hydrogen-bond acceptors (Lipinski definition) is 5. The topological polar surface area (TPSA) is 80.3 Å². The fourth-order valence-electron chi connectivity index (χ4n) is 3.85. The van der Waals surface area contributed by atoms with Crippen LogP contribution in [-0.2, 0) is 11.4 Å². The summed E-state index contributed by atoms with van der Waals surface area (Å²) in [4.78, 5) is 28.9. The van der Waals surface area contributed by atoms with E-state index in [-0.39, 0.29) is 23.9 Å². The maximum absolute atomic E-state index is 12.6. The molecule has 174 valence electrons. The van der Waals surface area contributed by atoms with E-state index >= 15 is 0 Å². The first kappa shape index (κ1) is 24.2. The van der Waals surface area contributed by atoms with Gasteiger partial charge in [-0.25, -0.2) is 4.98 Å². The van der Waals surface area contributed by atoms with E-state index in [2.05, 4.69) is 48.5 Å². The molecule has 2 aromatic rings. The Morgan fingerprint density at radius 1 is 1.09 bits per heavy atom. The van der Waals surface area contributed by atoms with Crippen molar-refractivity contribution in [3.8, 4) is 5.75 Å². The molecule has 32 heavy (non-hydrogen) atoms. The van der Waals surface area contributed by atoms with Gasteiger partial charge in [-0.1, -0.05) is 39.3 Å². The van der Waals surface area contributed by atoms with Crippen LogP contribution in [0.2, 0.25) is 0 Å². The molecule has 0 bridgehead atoms. The summed E-state index contributed by atoms with van der Waals surface area (Å²) in [6, 6.07) is 8.45. The third-order valence-electron chi connectivity index (χ3n) is 5.88. The number of carbonyl (C=O) groups is 2. The van der Waals surface area contributed by atoms with Crippen molar-refractivity contribution in [1.29, 1.82) is 0 Å². The Hall–Kier alpha value is -2.41. The van der Waals surface area contributed by atoms with E-state index in [0.717, 1.165) is 49.3 Å². The van der Waals surface area contributed by atoms with Crippen LogP contribution in [0.4, 0.5) is 0 Å². The molecular weight excluding hydrogens is 422 g/mol. The fourth-order valence-corrected chi connectivity index (χ4v) is 4.54. The van der Waals surface area contributed by atoms with Gasteiger partial charge in [-0.3, -0.25) is 9.59 Å². The van der Waals surface area contributed by atoms with Crippen LogP contribution < -0.4 is 15.4 Å². The van der Waals surface area contributed by atoms with Gasteiger partial charge in [0.05, 0.1) is 0 Å². The summed E-state index contributed by atoms with van der Waals surface area (Å²) in [6.07, 6.45) is 6.10. The average Bonchev–Trinajstić information content (AvgIpc) is 3.27. The molecule has 6 nitrogen and oxygen atoms in total. The van der Waals surface area contributed by atoms with E-state index in [4.69, 9.17) is 4.74 Å². The van der Waals surface area contributed by atoms with E-state index in [1.165, 1.54) is 16.9 Å². The Morgan fingerprint density at radius 2 is 1.75 bits per heavy atom. The largest absolute Gasteiger partial charge is 0.486 e. The number of carbonyl (C=O) groups excluding carboxylic acids is 2. The van der Waals surface area contributed by atoms with Crippen LogP contribution in [0.15, 0.2) is 29.6 Å². The highest BCUT2D eigenvalue weighted by molar-refractivity contribution is 7.09. The molecule has 1 aromatic heterocycles. The van der Waals surface area contributed by atoms with Crippen LogP contribution in [-0.4, -0.2) is 28.9 Å². The predicted octanol–water partition coefficient (Wildman–Crippen LogP) is 5.19. The van der Waals surface area contributed by atoms with Crippen LogP contribution in [0.3, 0.4) is 0 Å². The minimum atomic E-state index is -0.135. The Balaban J connectivity index is 1.40. The first-order valence-corrected chi connectivity index (χ1v) is 12.6. The molecule has 0 radical (unpaired) electrons. The molecule has 2 amide bonds. The summed E-state index contributed by atoms with van der Waals surface area (Å²) in [5, 5.41) is 8.79. The maximum atomic E-state index is 12.6. The number of rotatable bonds is 10.